The van der Waals surface area contributed by atoms with Crippen molar-refractivity contribution in [3.05, 3.63) is 118 Å². The molecule has 1 aromatic heterocycles. The molecule has 6 nitrogen and oxygen atoms in total. The first-order valence-corrected chi connectivity index (χ1v) is 10.2. The van der Waals surface area contributed by atoms with Gasteiger partial charge >= 0.3 is 0 Å². The molecule has 0 radical (unpaired) electrons. The number of aryl methyl sites for hydroxylation is 1. The summed E-state index contributed by atoms with van der Waals surface area (Å²) in [6, 6.07) is 22.6. The topological polar surface area (TPSA) is 71.5 Å². The summed E-state index contributed by atoms with van der Waals surface area (Å²) in [6.07, 6.45) is -0.853. The first kappa shape index (κ1) is 21.3. The van der Waals surface area contributed by atoms with Gasteiger partial charge < -0.3 is 10.4 Å². The monoisotopic (exact) mass is 442 g/mol. The van der Waals surface area contributed by atoms with Crippen LogP contribution in [0.4, 0.5) is 11.4 Å². The summed E-state index contributed by atoms with van der Waals surface area (Å²) >= 11 is 5.93. The molecule has 2 N–H and O–H groups in total. The van der Waals surface area contributed by atoms with Gasteiger partial charge in [-0.25, -0.2) is 9.53 Å². The summed E-state index contributed by atoms with van der Waals surface area (Å²) in [4.78, 5) is 16.5. The molecule has 7 heteroatoms. The van der Waals surface area contributed by atoms with Crippen LogP contribution in [0.25, 0.3) is 10.5 Å². The number of aliphatic hydroxyl groups is 1. The fourth-order valence-electron chi connectivity index (χ4n) is 3.37. The van der Waals surface area contributed by atoms with E-state index in [9.17, 15) is 9.90 Å². The van der Waals surface area contributed by atoms with Gasteiger partial charge in [-0.2, -0.15) is 5.10 Å². The van der Waals surface area contributed by atoms with Crippen LogP contribution in [-0.4, -0.2) is 20.8 Å². The van der Waals surface area contributed by atoms with E-state index in [1.807, 2.05) is 0 Å². The van der Waals surface area contributed by atoms with Crippen molar-refractivity contribution in [2.75, 3.05) is 5.32 Å². The number of hydrogen-bond acceptors (Lipinski definition) is 3. The molecule has 0 aliphatic heterocycles. The molecule has 1 unspecified atom stereocenters. The first-order valence-electron chi connectivity index (χ1n) is 9.84. The number of hydrogen-bond donors (Lipinski definition) is 2. The lowest BCUT2D eigenvalue weighted by molar-refractivity contribution is 0.101. The van der Waals surface area contributed by atoms with Gasteiger partial charge in [0.1, 0.15) is 11.8 Å². The number of aromatic nitrogens is 2. The molecule has 1 atom stereocenters. The van der Waals surface area contributed by atoms with Crippen LogP contribution in [0.1, 0.15) is 33.4 Å². The molecule has 0 fully saturated rings. The maximum Gasteiger partial charge on any atom is 0.274 e. The highest BCUT2D eigenvalue weighted by Gasteiger charge is 2.17. The Labute approximate surface area is 190 Å². The molecule has 158 valence electrons. The SMILES string of the molecule is [C-]#[N+]c1cccc(-n2nc(C)cc2C(=O)Nc2cccc(C(O)c3ccc(Cl)cc3)c2)c1. The third-order valence-corrected chi connectivity index (χ3v) is 5.17. The molecule has 0 spiro atoms. The van der Waals surface area contributed by atoms with Crippen molar-refractivity contribution in [3.8, 4) is 5.69 Å². The molecule has 32 heavy (non-hydrogen) atoms. The average Bonchev–Trinajstić information content (AvgIpc) is 3.21. The highest BCUT2D eigenvalue weighted by molar-refractivity contribution is 6.30. The number of carbonyl (C=O) groups excluding carboxylic acids is 1. The lowest BCUT2D eigenvalue weighted by Gasteiger charge is -2.14. The molecule has 0 saturated heterocycles. The third-order valence-electron chi connectivity index (χ3n) is 4.91. The van der Waals surface area contributed by atoms with Gasteiger partial charge in [0.15, 0.2) is 5.69 Å². The van der Waals surface area contributed by atoms with Crippen molar-refractivity contribution < 1.29 is 9.90 Å². The molecule has 4 aromatic rings. The number of halogens is 1. The Bertz CT molecular complexity index is 1320. The van der Waals surface area contributed by atoms with Crippen LogP contribution in [0.5, 0.6) is 0 Å². The number of amides is 1. The minimum atomic E-state index is -0.853. The van der Waals surface area contributed by atoms with E-state index in [0.717, 1.165) is 0 Å². The highest BCUT2D eigenvalue weighted by atomic mass is 35.5. The van der Waals surface area contributed by atoms with Gasteiger partial charge in [-0.05, 0) is 60.5 Å². The third kappa shape index (κ3) is 4.54. The number of aliphatic hydroxyl groups excluding tert-OH is 1. The first-order chi connectivity index (χ1) is 15.4. The normalized spacial score (nSPS) is 11.6. The van der Waals surface area contributed by atoms with Gasteiger partial charge in [0.05, 0.1) is 18.0 Å². The van der Waals surface area contributed by atoms with E-state index in [1.54, 1.807) is 85.8 Å². The van der Waals surface area contributed by atoms with Gasteiger partial charge in [-0.15, -0.1) is 0 Å². The molecule has 0 aliphatic rings. The van der Waals surface area contributed by atoms with Crippen LogP contribution in [0, 0.1) is 13.5 Å². The van der Waals surface area contributed by atoms with E-state index in [-0.39, 0.29) is 5.91 Å². The summed E-state index contributed by atoms with van der Waals surface area (Å²) in [7, 11) is 0. The molecule has 0 aliphatic carbocycles. The Balaban J connectivity index is 1.60. The number of rotatable bonds is 5. The van der Waals surface area contributed by atoms with E-state index in [2.05, 4.69) is 15.3 Å². The largest absolute Gasteiger partial charge is 0.384 e. The van der Waals surface area contributed by atoms with Crippen molar-refractivity contribution in [2.24, 2.45) is 0 Å². The summed E-state index contributed by atoms with van der Waals surface area (Å²) in [5, 5.41) is 18.6. The van der Waals surface area contributed by atoms with Crippen molar-refractivity contribution in [2.45, 2.75) is 13.0 Å². The van der Waals surface area contributed by atoms with E-state index in [4.69, 9.17) is 18.2 Å². The Morgan fingerprint density at radius 2 is 1.81 bits per heavy atom. The quantitative estimate of drug-likeness (QED) is 0.388. The van der Waals surface area contributed by atoms with Crippen LogP contribution in [0.3, 0.4) is 0 Å². The number of benzene rings is 3. The number of nitrogens with one attached hydrogen (secondary N) is 1. The van der Waals surface area contributed by atoms with E-state index >= 15 is 0 Å². The van der Waals surface area contributed by atoms with Crippen LogP contribution in [-0.2, 0) is 0 Å². The molecular weight excluding hydrogens is 424 g/mol. The Morgan fingerprint density at radius 1 is 1.06 bits per heavy atom. The molecule has 4 rings (SSSR count). The van der Waals surface area contributed by atoms with Gasteiger partial charge in [-0.1, -0.05) is 48.0 Å². The van der Waals surface area contributed by atoms with Crippen molar-refractivity contribution >= 4 is 28.9 Å². The number of nitrogens with zero attached hydrogens (tertiary/aromatic N) is 3. The van der Waals surface area contributed by atoms with Crippen LogP contribution >= 0.6 is 11.6 Å². The standard InChI is InChI=1S/C25H19ClN4O2/c1-16-13-23(30(29-16)22-8-4-6-20(15-22)27-2)25(32)28-21-7-3-5-18(14-21)24(31)17-9-11-19(26)12-10-17/h3-15,24,31H,1H3,(H,28,32). The minimum absolute atomic E-state index is 0.341. The smallest absolute Gasteiger partial charge is 0.274 e. The maximum absolute atomic E-state index is 13.1. The van der Waals surface area contributed by atoms with E-state index in [1.165, 1.54) is 4.68 Å². The van der Waals surface area contributed by atoms with Gasteiger partial charge in [-0.3, -0.25) is 4.79 Å². The summed E-state index contributed by atoms with van der Waals surface area (Å²) < 4.78 is 1.52. The Hall–Kier alpha value is -3.92. The second kappa shape index (κ2) is 9.06. The average molecular weight is 443 g/mol. The Morgan fingerprint density at radius 3 is 2.56 bits per heavy atom. The predicted molar refractivity (Wildman–Crippen MR) is 124 cm³/mol. The van der Waals surface area contributed by atoms with Gasteiger partial charge in [0.2, 0.25) is 0 Å². The fraction of sp³-hybridized carbons (Fsp3) is 0.0800. The zero-order valence-corrected chi connectivity index (χ0v) is 17.9. The second-order valence-electron chi connectivity index (χ2n) is 7.25. The summed E-state index contributed by atoms with van der Waals surface area (Å²) in [5.41, 5.74) is 3.99. The molecular formula is C25H19ClN4O2. The van der Waals surface area contributed by atoms with Crippen LogP contribution in [0.2, 0.25) is 5.02 Å². The van der Waals surface area contributed by atoms with Gasteiger partial charge in [0, 0.05) is 10.7 Å². The lowest BCUT2D eigenvalue weighted by Crippen LogP contribution is -2.17. The molecule has 3 aromatic carbocycles. The van der Waals surface area contributed by atoms with Crippen molar-refractivity contribution in [1.82, 2.24) is 9.78 Å². The molecule has 0 saturated carbocycles. The molecule has 0 bridgehead atoms. The zero-order valence-electron chi connectivity index (χ0n) is 17.2. The number of anilines is 1. The lowest BCUT2D eigenvalue weighted by atomic mass is 10.0. The van der Waals surface area contributed by atoms with E-state index in [0.29, 0.717) is 44.6 Å². The van der Waals surface area contributed by atoms with Crippen LogP contribution < -0.4 is 5.32 Å². The van der Waals surface area contributed by atoms with Crippen molar-refractivity contribution in [1.29, 1.82) is 0 Å². The van der Waals surface area contributed by atoms with E-state index < -0.39 is 6.10 Å². The van der Waals surface area contributed by atoms with Gasteiger partial charge in [0.25, 0.3) is 5.91 Å². The highest BCUT2D eigenvalue weighted by Crippen LogP contribution is 2.26. The summed E-state index contributed by atoms with van der Waals surface area (Å²) in [5.74, 6) is -0.350. The van der Waals surface area contributed by atoms with Crippen molar-refractivity contribution in [3.63, 3.8) is 0 Å². The molecule has 1 heterocycles. The fourth-order valence-corrected chi connectivity index (χ4v) is 3.50. The zero-order chi connectivity index (χ0) is 22.7. The second-order valence-corrected chi connectivity index (χ2v) is 7.68. The van der Waals surface area contributed by atoms with Crippen LogP contribution in [0.15, 0.2) is 78.9 Å². The Kier molecular flexibility index (Phi) is 6.04. The minimum Gasteiger partial charge on any atom is -0.384 e. The summed E-state index contributed by atoms with van der Waals surface area (Å²) in [6.45, 7) is 9.01. The predicted octanol–water partition coefficient (Wildman–Crippen LogP) is 5.72. The maximum atomic E-state index is 13.1. The molecule has 1 amide bonds. The number of carbonyl (C=O) groups is 1.